The molecule has 5 heteroatoms. The second kappa shape index (κ2) is 8.28. The predicted molar refractivity (Wildman–Crippen MR) is 92.7 cm³/mol. The minimum absolute atomic E-state index is 0.203. The zero-order valence-corrected chi connectivity index (χ0v) is 14.6. The molecule has 0 radical (unpaired) electrons. The van der Waals surface area contributed by atoms with Gasteiger partial charge in [-0.2, -0.15) is 0 Å². The lowest BCUT2D eigenvalue weighted by molar-refractivity contribution is 0.0263. The Kier molecular flexibility index (Phi) is 6.09. The first-order chi connectivity index (χ1) is 11.7. The number of halogens is 1. The van der Waals surface area contributed by atoms with Gasteiger partial charge in [0.25, 0.3) is 0 Å². The Hall–Kier alpha value is -1.17. The average molecular weight is 336 g/mol. The van der Waals surface area contributed by atoms with Crippen molar-refractivity contribution in [3.05, 3.63) is 29.6 Å². The Balaban J connectivity index is 1.63. The van der Waals surface area contributed by atoms with Crippen molar-refractivity contribution in [2.24, 2.45) is 0 Å². The molecule has 3 rings (SSSR count). The van der Waals surface area contributed by atoms with Crippen molar-refractivity contribution < 1.29 is 14.2 Å². The van der Waals surface area contributed by atoms with Crippen LogP contribution in [-0.2, 0) is 6.54 Å². The summed E-state index contributed by atoms with van der Waals surface area (Å²) in [6, 6.07) is 6.15. The summed E-state index contributed by atoms with van der Waals surface area (Å²) in [4.78, 5) is 4.92. The molecule has 24 heavy (non-hydrogen) atoms. The summed E-state index contributed by atoms with van der Waals surface area (Å²) >= 11 is 0. The van der Waals surface area contributed by atoms with E-state index < -0.39 is 0 Å². The van der Waals surface area contributed by atoms with E-state index in [1.807, 2.05) is 12.1 Å². The number of aliphatic hydroxyl groups excluding tert-OH is 1. The summed E-state index contributed by atoms with van der Waals surface area (Å²) in [6.07, 6.45) is 6.03. The lowest BCUT2D eigenvalue weighted by Gasteiger charge is -2.44. The van der Waals surface area contributed by atoms with E-state index in [2.05, 4.69) is 9.80 Å². The van der Waals surface area contributed by atoms with Crippen LogP contribution in [-0.4, -0.2) is 60.3 Å². The number of hydrogen-bond donors (Lipinski definition) is 1. The number of piperazine rings is 1. The Bertz CT molecular complexity index is 534. The molecule has 1 aliphatic carbocycles. The number of nitrogens with zero attached hydrogens (tertiary/aromatic N) is 2. The standard InChI is InChI=1S/C19H29FN2O2/c1-24-18-7-6-15(19(20)12-18)13-21-9-10-22(16-4-2-3-5-16)17(14-21)8-11-23/h6-7,12,16-17,23H,2-5,8-11,13-14H2,1H3. The Morgan fingerprint density at radius 1 is 1.25 bits per heavy atom. The van der Waals surface area contributed by atoms with E-state index >= 15 is 0 Å². The van der Waals surface area contributed by atoms with Crippen molar-refractivity contribution in [2.75, 3.05) is 33.4 Å². The smallest absolute Gasteiger partial charge is 0.131 e. The molecule has 1 aliphatic heterocycles. The second-order valence-electron chi connectivity index (χ2n) is 7.03. The third-order valence-electron chi connectivity index (χ3n) is 5.52. The fourth-order valence-electron chi connectivity index (χ4n) is 4.22. The average Bonchev–Trinajstić information content (AvgIpc) is 3.11. The summed E-state index contributed by atoms with van der Waals surface area (Å²) in [6.45, 7) is 3.73. The quantitative estimate of drug-likeness (QED) is 0.866. The van der Waals surface area contributed by atoms with Crippen LogP contribution in [0.25, 0.3) is 0 Å². The van der Waals surface area contributed by atoms with Gasteiger partial charge in [-0.05, 0) is 25.3 Å². The topological polar surface area (TPSA) is 35.9 Å². The Morgan fingerprint density at radius 3 is 2.71 bits per heavy atom. The maximum absolute atomic E-state index is 14.2. The van der Waals surface area contributed by atoms with E-state index in [1.165, 1.54) is 31.7 Å². The Morgan fingerprint density at radius 2 is 2.04 bits per heavy atom. The SMILES string of the molecule is COc1ccc(CN2CCN(C3CCCC3)C(CCO)C2)c(F)c1. The number of aliphatic hydroxyl groups is 1. The van der Waals surface area contributed by atoms with Crippen molar-refractivity contribution in [1.29, 1.82) is 0 Å². The van der Waals surface area contributed by atoms with Crippen LogP contribution in [0.15, 0.2) is 18.2 Å². The van der Waals surface area contributed by atoms with E-state index in [4.69, 9.17) is 4.74 Å². The zero-order chi connectivity index (χ0) is 16.9. The molecule has 1 N–H and O–H groups in total. The second-order valence-corrected chi connectivity index (χ2v) is 7.03. The third kappa shape index (κ3) is 4.08. The molecule has 1 saturated carbocycles. The van der Waals surface area contributed by atoms with Gasteiger partial charge in [-0.3, -0.25) is 9.80 Å². The van der Waals surface area contributed by atoms with Gasteiger partial charge in [0.15, 0.2) is 0 Å². The van der Waals surface area contributed by atoms with Crippen molar-refractivity contribution >= 4 is 0 Å². The van der Waals surface area contributed by atoms with Crippen LogP contribution in [0.4, 0.5) is 4.39 Å². The van der Waals surface area contributed by atoms with Gasteiger partial charge in [0.2, 0.25) is 0 Å². The molecule has 0 bridgehead atoms. The highest BCUT2D eigenvalue weighted by atomic mass is 19.1. The van der Waals surface area contributed by atoms with Gasteiger partial charge >= 0.3 is 0 Å². The third-order valence-corrected chi connectivity index (χ3v) is 5.52. The monoisotopic (exact) mass is 336 g/mol. The van der Waals surface area contributed by atoms with Crippen LogP contribution in [0.3, 0.4) is 0 Å². The van der Waals surface area contributed by atoms with Crippen LogP contribution < -0.4 is 4.74 Å². The first kappa shape index (κ1) is 17.6. The number of rotatable bonds is 6. The molecular weight excluding hydrogens is 307 g/mol. The van der Waals surface area contributed by atoms with Gasteiger partial charge in [-0.15, -0.1) is 0 Å². The molecule has 4 nitrogen and oxygen atoms in total. The normalized spacial score (nSPS) is 23.7. The molecule has 0 amide bonds. The molecule has 2 aliphatic rings. The molecular formula is C19H29FN2O2. The molecule has 1 unspecified atom stereocenters. The van der Waals surface area contributed by atoms with Gasteiger partial charge in [0.05, 0.1) is 7.11 Å². The molecule has 134 valence electrons. The highest BCUT2D eigenvalue weighted by Gasteiger charge is 2.33. The molecule has 2 fully saturated rings. The van der Waals surface area contributed by atoms with Gasteiger partial charge in [-0.1, -0.05) is 18.9 Å². The van der Waals surface area contributed by atoms with E-state index in [0.29, 0.717) is 29.9 Å². The van der Waals surface area contributed by atoms with Crippen LogP contribution in [0.5, 0.6) is 5.75 Å². The van der Waals surface area contributed by atoms with Crippen molar-refractivity contribution in [2.45, 2.75) is 50.7 Å². The van der Waals surface area contributed by atoms with Gasteiger partial charge in [0, 0.05) is 56.5 Å². The molecule has 1 saturated heterocycles. The van der Waals surface area contributed by atoms with Crippen molar-refractivity contribution in [1.82, 2.24) is 9.80 Å². The maximum Gasteiger partial charge on any atom is 0.131 e. The fraction of sp³-hybridized carbons (Fsp3) is 0.684. The van der Waals surface area contributed by atoms with Crippen LogP contribution >= 0.6 is 0 Å². The fourth-order valence-corrected chi connectivity index (χ4v) is 4.22. The Labute approximate surface area is 144 Å². The number of methoxy groups -OCH3 is 1. The van der Waals surface area contributed by atoms with Crippen molar-refractivity contribution in [3.8, 4) is 5.75 Å². The highest BCUT2D eigenvalue weighted by molar-refractivity contribution is 5.28. The van der Waals surface area contributed by atoms with Gasteiger partial charge in [-0.25, -0.2) is 4.39 Å². The first-order valence-corrected chi connectivity index (χ1v) is 9.12. The predicted octanol–water partition coefficient (Wildman–Crippen LogP) is 2.65. The number of hydrogen-bond acceptors (Lipinski definition) is 4. The van der Waals surface area contributed by atoms with Gasteiger partial charge < -0.3 is 9.84 Å². The van der Waals surface area contributed by atoms with Crippen LogP contribution in [0.1, 0.15) is 37.7 Å². The summed E-state index contributed by atoms with van der Waals surface area (Å²) in [5.74, 6) is 0.353. The minimum Gasteiger partial charge on any atom is -0.497 e. The summed E-state index contributed by atoms with van der Waals surface area (Å²) in [5, 5.41) is 9.44. The van der Waals surface area contributed by atoms with E-state index in [0.717, 1.165) is 26.1 Å². The molecule has 1 aromatic carbocycles. The molecule has 1 atom stereocenters. The summed E-state index contributed by atoms with van der Waals surface area (Å²) in [5.41, 5.74) is 0.716. The van der Waals surface area contributed by atoms with Crippen molar-refractivity contribution in [3.63, 3.8) is 0 Å². The lowest BCUT2D eigenvalue weighted by atomic mass is 10.0. The van der Waals surface area contributed by atoms with Gasteiger partial charge in [0.1, 0.15) is 11.6 Å². The minimum atomic E-state index is -0.203. The molecule has 1 heterocycles. The number of ether oxygens (including phenoxy) is 1. The summed E-state index contributed by atoms with van der Waals surface area (Å²) in [7, 11) is 1.55. The zero-order valence-electron chi connectivity index (χ0n) is 14.6. The largest absolute Gasteiger partial charge is 0.497 e. The lowest BCUT2D eigenvalue weighted by Crippen LogP contribution is -2.56. The van der Waals surface area contributed by atoms with Crippen LogP contribution in [0.2, 0.25) is 0 Å². The van der Waals surface area contributed by atoms with E-state index in [-0.39, 0.29) is 12.4 Å². The molecule has 0 spiro atoms. The first-order valence-electron chi connectivity index (χ1n) is 9.12. The molecule has 0 aromatic heterocycles. The summed E-state index contributed by atoms with van der Waals surface area (Å²) < 4.78 is 19.3. The maximum atomic E-state index is 14.2. The van der Waals surface area contributed by atoms with E-state index in [1.54, 1.807) is 7.11 Å². The van der Waals surface area contributed by atoms with E-state index in [9.17, 15) is 9.50 Å². The highest BCUT2D eigenvalue weighted by Crippen LogP contribution is 2.28. The number of benzene rings is 1. The van der Waals surface area contributed by atoms with Crippen LogP contribution in [0, 0.1) is 5.82 Å². The molecule has 1 aromatic rings.